The van der Waals surface area contributed by atoms with Gasteiger partial charge in [0.25, 0.3) is 10.1 Å². The van der Waals surface area contributed by atoms with Crippen LogP contribution in [0.5, 0.6) is 0 Å². The first kappa shape index (κ1) is 15.1. The second kappa shape index (κ2) is 6.02. The molecule has 0 amide bonds. The number of azo groups is 1. The van der Waals surface area contributed by atoms with Crippen LogP contribution in [-0.2, 0) is 10.1 Å². The Morgan fingerprint density at radius 3 is 2.24 bits per heavy atom. The van der Waals surface area contributed by atoms with E-state index in [4.69, 9.17) is 0 Å². The first-order valence-electron chi connectivity index (χ1n) is 6.13. The van der Waals surface area contributed by atoms with E-state index in [2.05, 4.69) is 10.2 Å². The molecule has 1 N–H and O–H groups in total. The zero-order valence-corrected chi connectivity index (χ0v) is 12.4. The van der Waals surface area contributed by atoms with Gasteiger partial charge < -0.3 is 4.90 Å². The van der Waals surface area contributed by atoms with Gasteiger partial charge in [0.05, 0.1) is 5.69 Å². The quantitative estimate of drug-likeness (QED) is 0.693. The average molecular weight is 305 g/mol. The average Bonchev–Trinajstić information content (AvgIpc) is 2.45. The molecule has 2 rings (SSSR count). The Labute approximate surface area is 123 Å². The van der Waals surface area contributed by atoms with Gasteiger partial charge in [-0.05, 0) is 30.3 Å². The van der Waals surface area contributed by atoms with Crippen LogP contribution in [0.1, 0.15) is 0 Å². The molecule has 2 aromatic rings. The summed E-state index contributed by atoms with van der Waals surface area (Å²) in [5.41, 5.74) is 1.32. The molecule has 7 heteroatoms. The summed E-state index contributed by atoms with van der Waals surface area (Å²) in [7, 11) is -0.830. The van der Waals surface area contributed by atoms with E-state index in [1.807, 2.05) is 6.07 Å². The van der Waals surface area contributed by atoms with Crippen molar-refractivity contribution in [3.63, 3.8) is 0 Å². The molecule has 2 aromatic carbocycles. The molecule has 0 saturated carbocycles. The van der Waals surface area contributed by atoms with Crippen LogP contribution in [0.2, 0.25) is 0 Å². The van der Waals surface area contributed by atoms with E-state index < -0.39 is 10.1 Å². The maximum absolute atomic E-state index is 11.5. The van der Waals surface area contributed by atoms with Gasteiger partial charge in [-0.15, -0.1) is 5.11 Å². The lowest BCUT2D eigenvalue weighted by atomic mass is 10.2. The molecular weight excluding hydrogens is 290 g/mol. The van der Waals surface area contributed by atoms with Crippen LogP contribution in [0.25, 0.3) is 0 Å². The zero-order chi connectivity index (χ0) is 15.5. The van der Waals surface area contributed by atoms with Crippen molar-refractivity contribution in [2.75, 3.05) is 19.0 Å². The maximum atomic E-state index is 11.5. The van der Waals surface area contributed by atoms with Gasteiger partial charge in [-0.25, -0.2) is 0 Å². The minimum absolute atomic E-state index is 0.0898. The van der Waals surface area contributed by atoms with Crippen LogP contribution < -0.4 is 4.90 Å². The van der Waals surface area contributed by atoms with E-state index in [9.17, 15) is 13.0 Å². The van der Waals surface area contributed by atoms with Gasteiger partial charge in [0.1, 0.15) is 10.6 Å². The number of hydrogen-bond donors (Lipinski definition) is 1. The van der Waals surface area contributed by atoms with Crippen molar-refractivity contribution in [2.24, 2.45) is 10.2 Å². The van der Waals surface area contributed by atoms with Gasteiger partial charge in [-0.1, -0.05) is 18.2 Å². The lowest BCUT2D eigenvalue weighted by Gasteiger charge is -2.13. The summed E-state index contributed by atoms with van der Waals surface area (Å²) in [6, 6.07) is 13.5. The number of nitrogens with zero attached hydrogens (tertiary/aromatic N) is 3. The third kappa shape index (κ3) is 3.87. The van der Waals surface area contributed by atoms with Gasteiger partial charge in [-0.3, -0.25) is 4.55 Å². The summed E-state index contributed by atoms with van der Waals surface area (Å²) in [4.78, 5) is 1.46. The molecule has 0 spiro atoms. The maximum Gasteiger partial charge on any atom is 0.296 e. The normalized spacial score (nSPS) is 11.8. The van der Waals surface area contributed by atoms with Crippen LogP contribution >= 0.6 is 0 Å². The van der Waals surface area contributed by atoms with E-state index >= 15 is 0 Å². The lowest BCUT2D eigenvalue weighted by molar-refractivity contribution is 0.483. The predicted octanol–water partition coefficient (Wildman–Crippen LogP) is 3.41. The smallest absolute Gasteiger partial charge is 0.296 e. The van der Waals surface area contributed by atoms with Crippen LogP contribution in [-0.4, -0.2) is 27.1 Å². The molecule has 0 aromatic heterocycles. The molecule has 0 saturated heterocycles. The Morgan fingerprint density at radius 2 is 1.67 bits per heavy atom. The molecule has 6 nitrogen and oxygen atoms in total. The fourth-order valence-electron chi connectivity index (χ4n) is 1.68. The molecule has 0 bridgehead atoms. The minimum atomic E-state index is -4.37. The highest BCUT2D eigenvalue weighted by atomic mass is 32.2. The van der Waals surface area contributed by atoms with E-state index in [0.717, 1.165) is 0 Å². The fourth-order valence-corrected chi connectivity index (χ4v) is 2.32. The van der Waals surface area contributed by atoms with E-state index in [0.29, 0.717) is 11.4 Å². The zero-order valence-electron chi connectivity index (χ0n) is 11.6. The molecular formula is C14H15N3O3S. The SMILES string of the molecule is CN(C)c1ccc(N=Nc2ccccc2)c(S(=O)(=O)O)c1. The topological polar surface area (TPSA) is 82.3 Å². The van der Waals surface area contributed by atoms with Crippen molar-refractivity contribution in [3.05, 3.63) is 48.5 Å². The van der Waals surface area contributed by atoms with Crippen LogP contribution in [0.15, 0.2) is 63.7 Å². The highest BCUT2D eigenvalue weighted by Crippen LogP contribution is 2.29. The van der Waals surface area contributed by atoms with Crippen LogP contribution in [0.4, 0.5) is 17.1 Å². The predicted molar refractivity (Wildman–Crippen MR) is 81.2 cm³/mol. The third-order valence-electron chi connectivity index (χ3n) is 2.77. The highest BCUT2D eigenvalue weighted by Gasteiger charge is 2.17. The van der Waals surface area contributed by atoms with Crippen LogP contribution in [0.3, 0.4) is 0 Å². The second-order valence-electron chi connectivity index (χ2n) is 4.56. The van der Waals surface area contributed by atoms with Crippen molar-refractivity contribution in [1.29, 1.82) is 0 Å². The lowest BCUT2D eigenvalue weighted by Crippen LogP contribution is -2.09. The molecule has 0 unspecified atom stereocenters. The molecule has 0 atom stereocenters. The van der Waals surface area contributed by atoms with Gasteiger partial charge >= 0.3 is 0 Å². The van der Waals surface area contributed by atoms with Crippen molar-refractivity contribution in [2.45, 2.75) is 4.90 Å². The summed E-state index contributed by atoms with van der Waals surface area (Å²) in [6.45, 7) is 0. The fraction of sp³-hybridized carbons (Fsp3) is 0.143. The third-order valence-corrected chi connectivity index (χ3v) is 3.65. The first-order chi connectivity index (χ1) is 9.88. The van der Waals surface area contributed by atoms with E-state index in [1.165, 1.54) is 12.1 Å². The molecule has 110 valence electrons. The Kier molecular flexibility index (Phi) is 4.35. The van der Waals surface area contributed by atoms with Gasteiger partial charge in [0.2, 0.25) is 0 Å². The van der Waals surface area contributed by atoms with E-state index in [-0.39, 0.29) is 10.6 Å². The van der Waals surface area contributed by atoms with Gasteiger partial charge in [-0.2, -0.15) is 13.5 Å². The number of anilines is 1. The second-order valence-corrected chi connectivity index (χ2v) is 5.95. The number of benzene rings is 2. The summed E-state index contributed by atoms with van der Waals surface area (Å²) in [5, 5.41) is 7.87. The standard InChI is InChI=1S/C14H15N3O3S/c1-17(2)12-8-9-13(14(10-12)21(18,19)20)16-15-11-6-4-3-5-7-11/h3-10H,1-2H3,(H,18,19,20). The van der Waals surface area contributed by atoms with Crippen molar-refractivity contribution in [1.82, 2.24) is 0 Å². The Hall–Kier alpha value is -2.25. The first-order valence-corrected chi connectivity index (χ1v) is 7.57. The van der Waals surface area contributed by atoms with Gasteiger partial charge in [0.15, 0.2) is 0 Å². The summed E-state index contributed by atoms with van der Waals surface area (Å²) >= 11 is 0. The Morgan fingerprint density at radius 1 is 1.00 bits per heavy atom. The Bertz CT molecular complexity index is 756. The summed E-state index contributed by atoms with van der Waals surface area (Å²) in [5.74, 6) is 0. The summed E-state index contributed by atoms with van der Waals surface area (Å²) in [6.07, 6.45) is 0. The van der Waals surface area contributed by atoms with Crippen LogP contribution in [0, 0.1) is 0 Å². The largest absolute Gasteiger partial charge is 0.378 e. The number of rotatable bonds is 4. The molecule has 0 aliphatic carbocycles. The number of hydrogen-bond acceptors (Lipinski definition) is 5. The van der Waals surface area contributed by atoms with E-state index in [1.54, 1.807) is 49.3 Å². The van der Waals surface area contributed by atoms with Crippen molar-refractivity contribution >= 4 is 27.2 Å². The van der Waals surface area contributed by atoms with Gasteiger partial charge in [0, 0.05) is 19.8 Å². The monoisotopic (exact) mass is 305 g/mol. The highest BCUT2D eigenvalue weighted by molar-refractivity contribution is 7.86. The molecule has 0 aliphatic rings. The summed E-state index contributed by atoms with van der Waals surface area (Å²) < 4.78 is 32.3. The molecule has 21 heavy (non-hydrogen) atoms. The Balaban J connectivity index is 2.46. The minimum Gasteiger partial charge on any atom is -0.378 e. The van der Waals surface area contributed by atoms with Crippen molar-refractivity contribution in [3.8, 4) is 0 Å². The molecule has 0 radical (unpaired) electrons. The molecule has 0 fully saturated rings. The molecule has 0 aliphatic heterocycles. The molecule has 0 heterocycles. The van der Waals surface area contributed by atoms with Crippen molar-refractivity contribution < 1.29 is 13.0 Å².